The van der Waals surface area contributed by atoms with Gasteiger partial charge in [-0.05, 0) is 34.7 Å². The summed E-state index contributed by atoms with van der Waals surface area (Å²) in [4.78, 5) is 12.5. The van der Waals surface area contributed by atoms with Crippen LogP contribution in [0.25, 0.3) is 11.0 Å². The van der Waals surface area contributed by atoms with Crippen LogP contribution in [0.5, 0.6) is 0 Å². The van der Waals surface area contributed by atoms with Crippen LogP contribution in [0.3, 0.4) is 0 Å². The molecule has 0 radical (unpaired) electrons. The van der Waals surface area contributed by atoms with Crippen molar-refractivity contribution in [1.82, 2.24) is 5.32 Å². The molecule has 0 fully saturated rings. The Morgan fingerprint density at radius 2 is 1.96 bits per heavy atom. The fourth-order valence-electron chi connectivity index (χ4n) is 3.53. The summed E-state index contributed by atoms with van der Waals surface area (Å²) >= 11 is 0. The zero-order chi connectivity index (χ0) is 18.8. The highest BCUT2D eigenvalue weighted by Crippen LogP contribution is 2.24. The van der Waals surface area contributed by atoms with Gasteiger partial charge in [0.15, 0.2) is 0 Å². The van der Waals surface area contributed by atoms with E-state index in [0.717, 1.165) is 33.2 Å². The number of benzene rings is 2. The molecule has 2 heterocycles. The van der Waals surface area contributed by atoms with Gasteiger partial charge >= 0.3 is 7.12 Å². The van der Waals surface area contributed by atoms with Crippen LogP contribution < -0.4 is 5.32 Å². The van der Waals surface area contributed by atoms with Crippen LogP contribution in [0.4, 0.5) is 0 Å². The number of nitrogens with one attached hydrogen (secondary N) is 1. The van der Waals surface area contributed by atoms with E-state index in [4.69, 9.17) is 9.15 Å². The molecule has 7 heteroatoms. The molecule has 3 N–H and O–H groups in total. The van der Waals surface area contributed by atoms with Crippen LogP contribution in [0, 0.1) is 0 Å². The van der Waals surface area contributed by atoms with Crippen molar-refractivity contribution >= 4 is 24.0 Å². The van der Waals surface area contributed by atoms with Gasteiger partial charge < -0.3 is 24.5 Å². The molecule has 0 spiro atoms. The standard InChI is InChI=1S/C20H20BNO5/c23-20(9-13-4-3-5-14-10-26-12-17(13)14)22-19(21(24)25)8-15-11-27-18-7-2-1-6-16(15)18/h1-7,11,19,24-25H,8-10,12H2,(H,22,23)/t19-/m0/s1. The molecule has 6 nitrogen and oxygen atoms in total. The van der Waals surface area contributed by atoms with Gasteiger partial charge in [-0.2, -0.15) is 0 Å². The maximum absolute atomic E-state index is 12.5. The first-order valence-corrected chi connectivity index (χ1v) is 8.90. The molecule has 0 unspecified atom stereocenters. The van der Waals surface area contributed by atoms with Gasteiger partial charge in [0.25, 0.3) is 0 Å². The van der Waals surface area contributed by atoms with Gasteiger partial charge in [0.1, 0.15) is 5.58 Å². The van der Waals surface area contributed by atoms with Gasteiger partial charge in [0, 0.05) is 5.39 Å². The van der Waals surface area contributed by atoms with E-state index in [2.05, 4.69) is 5.32 Å². The number of hydrogen-bond donors (Lipinski definition) is 3. The van der Waals surface area contributed by atoms with E-state index in [9.17, 15) is 14.8 Å². The van der Waals surface area contributed by atoms with E-state index >= 15 is 0 Å². The topological polar surface area (TPSA) is 91.9 Å². The normalized spacial score (nSPS) is 14.1. The highest BCUT2D eigenvalue weighted by Gasteiger charge is 2.27. The summed E-state index contributed by atoms with van der Waals surface area (Å²) in [5.41, 5.74) is 4.60. The van der Waals surface area contributed by atoms with Crippen LogP contribution >= 0.6 is 0 Å². The zero-order valence-electron chi connectivity index (χ0n) is 14.7. The lowest BCUT2D eigenvalue weighted by atomic mass is 9.75. The number of para-hydroxylation sites is 1. The van der Waals surface area contributed by atoms with Gasteiger partial charge in [-0.3, -0.25) is 4.79 Å². The fraction of sp³-hybridized carbons (Fsp3) is 0.250. The minimum atomic E-state index is -1.67. The zero-order valence-corrected chi connectivity index (χ0v) is 14.7. The Labute approximate surface area is 156 Å². The molecule has 1 amide bonds. The summed E-state index contributed by atoms with van der Waals surface area (Å²) in [5.74, 6) is -1.09. The molecular weight excluding hydrogens is 345 g/mol. The quantitative estimate of drug-likeness (QED) is 0.579. The second kappa shape index (κ2) is 7.56. The van der Waals surface area contributed by atoms with Crippen molar-refractivity contribution in [1.29, 1.82) is 0 Å². The molecule has 1 aromatic heterocycles. The van der Waals surface area contributed by atoms with Crippen molar-refractivity contribution in [3.8, 4) is 0 Å². The van der Waals surface area contributed by atoms with E-state index in [1.54, 1.807) is 6.26 Å². The molecule has 1 aliphatic rings. The molecule has 0 saturated carbocycles. The largest absolute Gasteiger partial charge is 0.475 e. The molecule has 1 atom stereocenters. The highest BCUT2D eigenvalue weighted by atomic mass is 16.5. The first-order valence-electron chi connectivity index (χ1n) is 8.90. The summed E-state index contributed by atoms with van der Waals surface area (Å²) in [6, 6.07) is 13.3. The number of furan rings is 1. The van der Waals surface area contributed by atoms with Crippen molar-refractivity contribution in [3.63, 3.8) is 0 Å². The first kappa shape index (κ1) is 17.8. The van der Waals surface area contributed by atoms with E-state index in [-0.39, 0.29) is 18.7 Å². The molecule has 0 aliphatic carbocycles. The molecule has 27 heavy (non-hydrogen) atoms. The Morgan fingerprint density at radius 1 is 1.11 bits per heavy atom. The van der Waals surface area contributed by atoms with Crippen molar-refractivity contribution < 1.29 is 24.0 Å². The maximum Gasteiger partial charge on any atom is 0.475 e. The Kier molecular flexibility index (Phi) is 4.98. The van der Waals surface area contributed by atoms with Crippen molar-refractivity contribution in [2.24, 2.45) is 0 Å². The summed E-state index contributed by atoms with van der Waals surface area (Å²) in [5, 5.41) is 23.1. The molecule has 2 aromatic carbocycles. The lowest BCUT2D eigenvalue weighted by Gasteiger charge is -2.18. The maximum atomic E-state index is 12.5. The summed E-state index contributed by atoms with van der Waals surface area (Å²) in [7, 11) is -1.67. The van der Waals surface area contributed by atoms with E-state index < -0.39 is 13.1 Å². The number of carbonyl (C=O) groups excluding carboxylic acids is 1. The SMILES string of the molecule is O=C(Cc1cccc2c1COC2)N[C@@H](Cc1coc2ccccc12)B(O)O. The van der Waals surface area contributed by atoms with Gasteiger partial charge in [0.2, 0.25) is 5.91 Å². The van der Waals surface area contributed by atoms with Gasteiger partial charge in [-0.1, -0.05) is 36.4 Å². The fourth-order valence-corrected chi connectivity index (χ4v) is 3.53. The number of fused-ring (bicyclic) bond motifs is 2. The van der Waals surface area contributed by atoms with Gasteiger partial charge in [-0.15, -0.1) is 0 Å². The highest BCUT2D eigenvalue weighted by molar-refractivity contribution is 6.43. The van der Waals surface area contributed by atoms with Crippen molar-refractivity contribution in [2.75, 3.05) is 0 Å². The monoisotopic (exact) mass is 365 g/mol. The number of amides is 1. The summed E-state index contributed by atoms with van der Waals surface area (Å²) in [6.07, 6.45) is 2.02. The second-order valence-electron chi connectivity index (χ2n) is 6.77. The minimum Gasteiger partial charge on any atom is -0.464 e. The third kappa shape index (κ3) is 3.76. The Bertz CT molecular complexity index is 968. The Balaban J connectivity index is 1.47. The summed E-state index contributed by atoms with van der Waals surface area (Å²) in [6.45, 7) is 1.07. The first-order chi connectivity index (χ1) is 13.1. The minimum absolute atomic E-state index is 0.169. The number of rotatable bonds is 6. The molecule has 0 bridgehead atoms. The predicted octanol–water partition coefficient (Wildman–Crippen LogP) is 1.75. The molecule has 1 aliphatic heterocycles. The van der Waals surface area contributed by atoms with Crippen LogP contribution in [0.15, 0.2) is 53.1 Å². The Hall–Kier alpha value is -2.61. The lowest BCUT2D eigenvalue weighted by Crippen LogP contribution is -2.48. The van der Waals surface area contributed by atoms with E-state index in [1.165, 1.54) is 0 Å². The van der Waals surface area contributed by atoms with Crippen LogP contribution in [-0.4, -0.2) is 29.0 Å². The third-order valence-electron chi connectivity index (χ3n) is 4.93. The van der Waals surface area contributed by atoms with Gasteiger partial charge in [-0.25, -0.2) is 0 Å². The molecule has 3 aromatic rings. The third-order valence-corrected chi connectivity index (χ3v) is 4.93. The van der Waals surface area contributed by atoms with E-state index in [1.807, 2.05) is 42.5 Å². The van der Waals surface area contributed by atoms with E-state index in [0.29, 0.717) is 13.2 Å². The van der Waals surface area contributed by atoms with Crippen molar-refractivity contribution in [3.05, 3.63) is 71.0 Å². The average Bonchev–Trinajstić information content (AvgIpc) is 3.29. The second-order valence-corrected chi connectivity index (χ2v) is 6.77. The molecule has 0 saturated heterocycles. The lowest BCUT2D eigenvalue weighted by molar-refractivity contribution is -0.120. The van der Waals surface area contributed by atoms with Gasteiger partial charge in [0.05, 0.1) is 31.8 Å². The smallest absolute Gasteiger partial charge is 0.464 e. The van der Waals surface area contributed by atoms with Crippen LogP contribution in [0.1, 0.15) is 22.3 Å². The number of carbonyl (C=O) groups is 1. The molecule has 4 rings (SSSR count). The molecular formula is C20H20BNO5. The Morgan fingerprint density at radius 3 is 2.81 bits per heavy atom. The number of ether oxygens (including phenoxy) is 1. The van der Waals surface area contributed by atoms with Crippen molar-refractivity contribution in [2.45, 2.75) is 32.0 Å². The molecule has 138 valence electrons. The number of hydrogen-bond acceptors (Lipinski definition) is 5. The predicted molar refractivity (Wildman–Crippen MR) is 101 cm³/mol. The summed E-state index contributed by atoms with van der Waals surface area (Å²) < 4.78 is 10.9. The van der Waals surface area contributed by atoms with Crippen LogP contribution in [-0.2, 0) is 35.6 Å². The van der Waals surface area contributed by atoms with Crippen LogP contribution in [0.2, 0.25) is 0 Å². The average molecular weight is 365 g/mol.